The molecule has 0 aliphatic heterocycles. The second-order valence-electron chi connectivity index (χ2n) is 3.06. The van der Waals surface area contributed by atoms with Crippen LogP contribution in [0.25, 0.3) is 0 Å². The van der Waals surface area contributed by atoms with Crippen molar-refractivity contribution < 1.29 is 14.6 Å². The van der Waals surface area contributed by atoms with Crippen LogP contribution in [0.2, 0.25) is 0 Å². The van der Waals surface area contributed by atoms with Gasteiger partial charge >= 0.3 is 5.97 Å². The number of hydrogen-bond acceptors (Lipinski definition) is 3. The van der Waals surface area contributed by atoms with Crippen LogP contribution in [-0.2, 0) is 4.79 Å². The lowest BCUT2D eigenvalue weighted by molar-refractivity contribution is -0.138. The van der Waals surface area contributed by atoms with E-state index in [1.165, 1.54) is 0 Å². The average molecular weight is 195 g/mol. The summed E-state index contributed by atoms with van der Waals surface area (Å²) in [4.78, 5) is 10.4. The van der Waals surface area contributed by atoms with Gasteiger partial charge in [0.15, 0.2) is 0 Å². The molecular weight excluding hydrogens is 182 g/mol. The third-order valence-electron chi connectivity index (χ3n) is 1.71. The minimum atomic E-state index is -0.882. The number of ether oxygens (including phenoxy) is 1. The zero-order chi connectivity index (χ0) is 10.6. The van der Waals surface area contributed by atoms with Gasteiger partial charge in [0.2, 0.25) is 0 Å². The quantitative estimate of drug-likeness (QED) is 0.714. The Labute approximate surface area is 82.3 Å². The van der Waals surface area contributed by atoms with E-state index in [0.717, 1.165) is 0 Å². The minimum absolute atomic E-state index is 0.0334. The Bertz CT molecular complexity index is 325. The second-order valence-corrected chi connectivity index (χ2v) is 3.06. The van der Waals surface area contributed by atoms with E-state index in [4.69, 9.17) is 15.6 Å². The predicted octanol–water partition coefficient (Wildman–Crippen LogP) is 1.51. The zero-order valence-corrected chi connectivity index (χ0v) is 7.93. The highest BCUT2D eigenvalue weighted by Crippen LogP contribution is 2.21. The van der Waals surface area contributed by atoms with E-state index in [1.54, 1.807) is 31.2 Å². The first-order chi connectivity index (χ1) is 6.59. The first-order valence-corrected chi connectivity index (χ1v) is 4.32. The number of nitrogens with two attached hydrogens (primary N) is 1. The average Bonchev–Trinajstić information content (AvgIpc) is 2.07. The summed E-state index contributed by atoms with van der Waals surface area (Å²) in [6.07, 6.45) is -0.411. The number of rotatable bonds is 4. The van der Waals surface area contributed by atoms with Gasteiger partial charge < -0.3 is 15.6 Å². The Balaban J connectivity index is 2.60. The molecule has 0 heterocycles. The molecule has 0 amide bonds. The number of benzene rings is 1. The number of hydrogen-bond donors (Lipinski definition) is 2. The molecule has 0 saturated heterocycles. The molecule has 4 nitrogen and oxygen atoms in total. The SMILES string of the molecule is C[C@H](CC(=O)O)Oc1ccccc1N. The van der Waals surface area contributed by atoms with Crippen molar-refractivity contribution in [2.75, 3.05) is 5.73 Å². The van der Waals surface area contributed by atoms with Gasteiger partial charge in [-0.25, -0.2) is 0 Å². The van der Waals surface area contributed by atoms with Gasteiger partial charge in [-0.15, -0.1) is 0 Å². The van der Waals surface area contributed by atoms with E-state index in [-0.39, 0.29) is 12.5 Å². The molecule has 1 rings (SSSR count). The highest BCUT2D eigenvalue weighted by atomic mass is 16.5. The van der Waals surface area contributed by atoms with E-state index >= 15 is 0 Å². The number of carboxylic acid groups (broad SMARTS) is 1. The number of aliphatic carboxylic acids is 1. The van der Waals surface area contributed by atoms with E-state index in [1.807, 2.05) is 0 Å². The smallest absolute Gasteiger partial charge is 0.307 e. The van der Waals surface area contributed by atoms with E-state index in [0.29, 0.717) is 11.4 Å². The van der Waals surface area contributed by atoms with Gasteiger partial charge in [0.05, 0.1) is 12.1 Å². The Morgan fingerprint density at radius 3 is 2.79 bits per heavy atom. The molecule has 3 N–H and O–H groups in total. The van der Waals surface area contributed by atoms with Gasteiger partial charge in [0.1, 0.15) is 11.9 Å². The third kappa shape index (κ3) is 2.97. The Morgan fingerprint density at radius 2 is 2.21 bits per heavy atom. The molecule has 1 atom stereocenters. The summed E-state index contributed by atoms with van der Waals surface area (Å²) in [6.45, 7) is 1.70. The van der Waals surface area contributed by atoms with Gasteiger partial charge in [-0.1, -0.05) is 12.1 Å². The van der Waals surface area contributed by atoms with Crippen molar-refractivity contribution in [1.29, 1.82) is 0 Å². The normalized spacial score (nSPS) is 12.1. The molecule has 0 aliphatic carbocycles. The number of nitrogen functional groups attached to an aromatic ring is 1. The Hall–Kier alpha value is -1.71. The van der Waals surface area contributed by atoms with Crippen molar-refractivity contribution in [3.63, 3.8) is 0 Å². The Morgan fingerprint density at radius 1 is 1.57 bits per heavy atom. The molecule has 4 heteroatoms. The van der Waals surface area contributed by atoms with Crippen LogP contribution >= 0.6 is 0 Å². The number of anilines is 1. The molecule has 76 valence electrons. The summed E-state index contributed by atoms with van der Waals surface area (Å²) in [6, 6.07) is 7.01. The molecule has 0 radical (unpaired) electrons. The topological polar surface area (TPSA) is 72.5 Å². The lowest BCUT2D eigenvalue weighted by atomic mass is 10.2. The molecule has 1 aromatic carbocycles. The van der Waals surface area contributed by atoms with Crippen molar-refractivity contribution in [1.82, 2.24) is 0 Å². The first kappa shape index (κ1) is 10.4. The standard InChI is InChI=1S/C10H13NO3/c1-7(6-10(12)13)14-9-5-3-2-4-8(9)11/h2-5,7H,6,11H2,1H3,(H,12,13)/t7-/m1/s1. The molecule has 1 aromatic rings. The largest absolute Gasteiger partial charge is 0.488 e. The van der Waals surface area contributed by atoms with Gasteiger partial charge in [-0.3, -0.25) is 4.79 Å². The number of carbonyl (C=O) groups is 1. The number of para-hydroxylation sites is 2. The third-order valence-corrected chi connectivity index (χ3v) is 1.71. The lowest BCUT2D eigenvalue weighted by Gasteiger charge is -2.13. The minimum Gasteiger partial charge on any atom is -0.488 e. The van der Waals surface area contributed by atoms with Crippen LogP contribution in [0.5, 0.6) is 5.75 Å². The van der Waals surface area contributed by atoms with Crippen LogP contribution < -0.4 is 10.5 Å². The maximum atomic E-state index is 10.4. The number of carboxylic acids is 1. The molecule has 0 aliphatic rings. The van der Waals surface area contributed by atoms with Crippen molar-refractivity contribution in [3.05, 3.63) is 24.3 Å². The van der Waals surface area contributed by atoms with Crippen LogP contribution in [0, 0.1) is 0 Å². The highest BCUT2D eigenvalue weighted by Gasteiger charge is 2.10. The molecule has 0 saturated carbocycles. The summed E-state index contributed by atoms with van der Waals surface area (Å²) in [7, 11) is 0. The molecule has 0 unspecified atom stereocenters. The van der Waals surface area contributed by atoms with Crippen molar-refractivity contribution in [2.45, 2.75) is 19.4 Å². The van der Waals surface area contributed by atoms with Crippen LogP contribution in [0.15, 0.2) is 24.3 Å². The summed E-state index contributed by atoms with van der Waals surface area (Å²) in [5, 5.41) is 8.52. The van der Waals surface area contributed by atoms with Crippen LogP contribution in [0.4, 0.5) is 5.69 Å². The molecule has 0 fully saturated rings. The maximum absolute atomic E-state index is 10.4. The van der Waals surface area contributed by atoms with Gasteiger partial charge in [0.25, 0.3) is 0 Å². The van der Waals surface area contributed by atoms with Crippen LogP contribution in [0.1, 0.15) is 13.3 Å². The predicted molar refractivity (Wildman–Crippen MR) is 53.2 cm³/mol. The summed E-state index contributed by atoms with van der Waals surface area (Å²) in [5.41, 5.74) is 6.15. The molecule has 14 heavy (non-hydrogen) atoms. The van der Waals surface area contributed by atoms with E-state index < -0.39 is 5.97 Å². The van der Waals surface area contributed by atoms with Crippen LogP contribution in [-0.4, -0.2) is 17.2 Å². The van der Waals surface area contributed by atoms with Crippen LogP contribution in [0.3, 0.4) is 0 Å². The second kappa shape index (κ2) is 4.50. The zero-order valence-electron chi connectivity index (χ0n) is 7.93. The molecular formula is C10H13NO3. The van der Waals surface area contributed by atoms with Crippen molar-refractivity contribution in [2.24, 2.45) is 0 Å². The fourth-order valence-electron chi connectivity index (χ4n) is 1.09. The molecule has 0 spiro atoms. The fourth-order valence-corrected chi connectivity index (χ4v) is 1.09. The fraction of sp³-hybridized carbons (Fsp3) is 0.300. The molecule has 0 aromatic heterocycles. The summed E-state index contributed by atoms with van der Waals surface area (Å²) in [5.74, 6) is -0.353. The first-order valence-electron chi connectivity index (χ1n) is 4.32. The van der Waals surface area contributed by atoms with Gasteiger partial charge in [0, 0.05) is 0 Å². The van der Waals surface area contributed by atoms with Crippen molar-refractivity contribution in [3.8, 4) is 5.75 Å². The maximum Gasteiger partial charge on any atom is 0.307 e. The highest BCUT2D eigenvalue weighted by molar-refractivity contribution is 5.67. The lowest BCUT2D eigenvalue weighted by Crippen LogP contribution is -2.17. The monoisotopic (exact) mass is 195 g/mol. The van der Waals surface area contributed by atoms with Gasteiger partial charge in [-0.05, 0) is 19.1 Å². The van der Waals surface area contributed by atoms with E-state index in [2.05, 4.69) is 0 Å². The summed E-state index contributed by atoms with van der Waals surface area (Å²) >= 11 is 0. The molecule has 0 bridgehead atoms. The summed E-state index contributed by atoms with van der Waals surface area (Å²) < 4.78 is 5.35. The van der Waals surface area contributed by atoms with Gasteiger partial charge in [-0.2, -0.15) is 0 Å². The van der Waals surface area contributed by atoms with E-state index in [9.17, 15) is 4.79 Å². The van der Waals surface area contributed by atoms with Crippen molar-refractivity contribution >= 4 is 11.7 Å². The Kier molecular flexibility index (Phi) is 3.34.